The van der Waals surface area contributed by atoms with Crippen molar-refractivity contribution in [2.75, 3.05) is 7.11 Å². The molecule has 1 unspecified atom stereocenters. The summed E-state index contributed by atoms with van der Waals surface area (Å²) in [6, 6.07) is 7.96. The monoisotopic (exact) mass is 304 g/mol. The van der Waals surface area contributed by atoms with E-state index in [1.54, 1.807) is 0 Å². The number of hydrogen-bond acceptors (Lipinski definition) is 4. The minimum atomic E-state index is -0.318. The lowest BCUT2D eigenvalue weighted by molar-refractivity contribution is 0.0598. The lowest BCUT2D eigenvalue weighted by atomic mass is 9.82. The molecular weight excluding hydrogens is 284 g/mol. The first-order chi connectivity index (χ1) is 10.2. The SMILES string of the molecule is COC(=O)c1sc2ccccc2c1OC(C)CC1CCC1. The topological polar surface area (TPSA) is 35.5 Å². The predicted molar refractivity (Wildman–Crippen MR) is 85.2 cm³/mol. The molecule has 1 atom stereocenters. The Kier molecular flexibility index (Phi) is 4.15. The number of hydrogen-bond donors (Lipinski definition) is 0. The molecule has 1 saturated carbocycles. The third-order valence-corrected chi connectivity index (χ3v) is 5.26. The summed E-state index contributed by atoms with van der Waals surface area (Å²) in [7, 11) is 1.41. The first-order valence-electron chi connectivity index (χ1n) is 7.45. The third kappa shape index (κ3) is 2.91. The van der Waals surface area contributed by atoms with Gasteiger partial charge in [-0.1, -0.05) is 31.4 Å². The molecule has 21 heavy (non-hydrogen) atoms. The van der Waals surface area contributed by atoms with Crippen LogP contribution in [0, 0.1) is 5.92 Å². The summed E-state index contributed by atoms with van der Waals surface area (Å²) < 4.78 is 12.1. The molecule has 2 aromatic rings. The van der Waals surface area contributed by atoms with E-state index in [1.807, 2.05) is 24.3 Å². The van der Waals surface area contributed by atoms with Gasteiger partial charge in [-0.05, 0) is 31.4 Å². The Bertz CT molecular complexity index is 643. The van der Waals surface area contributed by atoms with Crippen LogP contribution in [0.5, 0.6) is 5.75 Å². The number of thiophene rings is 1. The summed E-state index contributed by atoms with van der Waals surface area (Å²) >= 11 is 1.44. The zero-order valence-electron chi connectivity index (χ0n) is 12.4. The molecule has 3 rings (SSSR count). The Balaban J connectivity index is 1.88. The van der Waals surface area contributed by atoms with Crippen LogP contribution in [0.25, 0.3) is 10.1 Å². The second-order valence-electron chi connectivity index (χ2n) is 5.71. The average Bonchev–Trinajstić information content (AvgIpc) is 2.81. The quantitative estimate of drug-likeness (QED) is 0.755. The fourth-order valence-electron chi connectivity index (χ4n) is 2.81. The van der Waals surface area contributed by atoms with E-state index in [0.29, 0.717) is 10.6 Å². The van der Waals surface area contributed by atoms with Crippen LogP contribution in [0.3, 0.4) is 0 Å². The molecule has 3 nitrogen and oxygen atoms in total. The van der Waals surface area contributed by atoms with E-state index >= 15 is 0 Å². The molecule has 0 spiro atoms. The van der Waals surface area contributed by atoms with Crippen molar-refractivity contribution in [1.82, 2.24) is 0 Å². The molecule has 0 radical (unpaired) electrons. The molecule has 1 heterocycles. The van der Waals surface area contributed by atoms with Gasteiger partial charge < -0.3 is 9.47 Å². The highest BCUT2D eigenvalue weighted by Gasteiger charge is 2.25. The number of rotatable bonds is 5. The van der Waals surface area contributed by atoms with Crippen LogP contribution in [-0.2, 0) is 4.74 Å². The number of carbonyl (C=O) groups is 1. The van der Waals surface area contributed by atoms with Gasteiger partial charge in [-0.2, -0.15) is 0 Å². The minimum Gasteiger partial charge on any atom is -0.488 e. The fraction of sp³-hybridized carbons (Fsp3) is 0.471. The van der Waals surface area contributed by atoms with Crippen LogP contribution in [-0.4, -0.2) is 19.2 Å². The summed E-state index contributed by atoms with van der Waals surface area (Å²) in [6.07, 6.45) is 5.14. The molecule has 0 aliphatic heterocycles. The third-order valence-electron chi connectivity index (χ3n) is 4.13. The Morgan fingerprint density at radius 2 is 2.14 bits per heavy atom. The standard InChI is InChI=1S/C17H20O3S/c1-11(10-12-6-5-7-12)20-15-13-8-3-4-9-14(13)21-16(15)17(18)19-2/h3-4,8-9,11-12H,5-7,10H2,1-2H3. The average molecular weight is 304 g/mol. The molecule has 1 fully saturated rings. The summed E-state index contributed by atoms with van der Waals surface area (Å²) in [5.74, 6) is 1.16. The summed E-state index contributed by atoms with van der Waals surface area (Å²) in [6.45, 7) is 2.09. The van der Waals surface area contributed by atoms with Crippen molar-refractivity contribution in [3.63, 3.8) is 0 Å². The van der Waals surface area contributed by atoms with E-state index in [4.69, 9.17) is 9.47 Å². The van der Waals surface area contributed by atoms with Crippen molar-refractivity contribution < 1.29 is 14.3 Å². The van der Waals surface area contributed by atoms with Crippen LogP contribution in [0.2, 0.25) is 0 Å². The van der Waals surface area contributed by atoms with Crippen LogP contribution in [0.15, 0.2) is 24.3 Å². The molecule has 1 aromatic carbocycles. The van der Waals surface area contributed by atoms with Crippen molar-refractivity contribution in [3.05, 3.63) is 29.1 Å². The van der Waals surface area contributed by atoms with Crippen molar-refractivity contribution in [2.45, 2.75) is 38.7 Å². The fourth-order valence-corrected chi connectivity index (χ4v) is 3.87. The van der Waals surface area contributed by atoms with Gasteiger partial charge in [0.2, 0.25) is 0 Å². The minimum absolute atomic E-state index is 0.122. The van der Waals surface area contributed by atoms with Gasteiger partial charge in [0.25, 0.3) is 0 Å². The van der Waals surface area contributed by atoms with Gasteiger partial charge in [0.05, 0.1) is 13.2 Å². The maximum atomic E-state index is 12.0. The van der Waals surface area contributed by atoms with Crippen LogP contribution < -0.4 is 4.74 Å². The maximum Gasteiger partial charge on any atom is 0.351 e. The second kappa shape index (κ2) is 6.06. The Hall–Kier alpha value is -1.55. The number of methoxy groups -OCH3 is 1. The summed E-state index contributed by atoms with van der Waals surface area (Å²) in [5.41, 5.74) is 0. The van der Waals surface area contributed by atoms with Crippen molar-refractivity contribution in [1.29, 1.82) is 0 Å². The van der Waals surface area contributed by atoms with Gasteiger partial charge in [0.15, 0.2) is 10.6 Å². The normalized spacial score (nSPS) is 16.5. The van der Waals surface area contributed by atoms with Gasteiger partial charge in [-0.3, -0.25) is 0 Å². The molecular formula is C17H20O3S. The van der Waals surface area contributed by atoms with E-state index in [2.05, 4.69) is 6.92 Å². The van der Waals surface area contributed by atoms with Crippen LogP contribution in [0.4, 0.5) is 0 Å². The van der Waals surface area contributed by atoms with E-state index < -0.39 is 0 Å². The number of fused-ring (bicyclic) bond motifs is 1. The van der Waals surface area contributed by atoms with Gasteiger partial charge in [-0.25, -0.2) is 4.79 Å². The lowest BCUT2D eigenvalue weighted by Crippen LogP contribution is -2.22. The highest BCUT2D eigenvalue weighted by atomic mass is 32.1. The molecule has 0 N–H and O–H groups in total. The van der Waals surface area contributed by atoms with E-state index in [0.717, 1.165) is 22.4 Å². The van der Waals surface area contributed by atoms with Gasteiger partial charge in [-0.15, -0.1) is 11.3 Å². The highest BCUT2D eigenvalue weighted by molar-refractivity contribution is 7.21. The van der Waals surface area contributed by atoms with Crippen molar-refractivity contribution in [2.24, 2.45) is 5.92 Å². The predicted octanol–water partition coefficient (Wildman–Crippen LogP) is 4.65. The summed E-state index contributed by atoms with van der Waals surface area (Å²) in [5, 5.41) is 1.00. The molecule has 1 aromatic heterocycles. The number of esters is 1. The van der Waals surface area contributed by atoms with Crippen LogP contribution >= 0.6 is 11.3 Å². The van der Waals surface area contributed by atoms with E-state index in [1.165, 1.54) is 37.7 Å². The summed E-state index contributed by atoms with van der Waals surface area (Å²) in [4.78, 5) is 12.6. The lowest BCUT2D eigenvalue weighted by Gasteiger charge is -2.28. The Morgan fingerprint density at radius 1 is 1.38 bits per heavy atom. The van der Waals surface area contributed by atoms with Crippen LogP contribution in [0.1, 0.15) is 42.3 Å². The van der Waals surface area contributed by atoms with Gasteiger partial charge >= 0.3 is 5.97 Å². The molecule has 0 bridgehead atoms. The highest BCUT2D eigenvalue weighted by Crippen LogP contribution is 2.40. The number of ether oxygens (including phenoxy) is 2. The molecule has 4 heteroatoms. The first-order valence-corrected chi connectivity index (χ1v) is 8.27. The number of carbonyl (C=O) groups excluding carboxylic acids is 1. The zero-order chi connectivity index (χ0) is 14.8. The second-order valence-corrected chi connectivity index (χ2v) is 6.76. The molecule has 1 aliphatic rings. The molecule has 0 saturated heterocycles. The molecule has 0 amide bonds. The molecule has 1 aliphatic carbocycles. The van der Waals surface area contributed by atoms with E-state index in [9.17, 15) is 4.79 Å². The maximum absolute atomic E-state index is 12.0. The van der Waals surface area contributed by atoms with Crippen molar-refractivity contribution in [3.8, 4) is 5.75 Å². The first kappa shape index (κ1) is 14.4. The Morgan fingerprint density at radius 3 is 2.81 bits per heavy atom. The van der Waals surface area contributed by atoms with Crippen molar-refractivity contribution >= 4 is 27.4 Å². The Labute approximate surface area is 128 Å². The van der Waals surface area contributed by atoms with E-state index in [-0.39, 0.29) is 12.1 Å². The zero-order valence-corrected chi connectivity index (χ0v) is 13.2. The smallest absolute Gasteiger partial charge is 0.351 e. The van der Waals surface area contributed by atoms with Gasteiger partial charge in [0.1, 0.15) is 0 Å². The molecule has 112 valence electrons. The van der Waals surface area contributed by atoms with Gasteiger partial charge in [0, 0.05) is 10.1 Å². The number of benzene rings is 1. The largest absolute Gasteiger partial charge is 0.488 e.